The van der Waals surface area contributed by atoms with E-state index in [1.54, 1.807) is 18.2 Å². The van der Waals surface area contributed by atoms with Gasteiger partial charge in [-0.3, -0.25) is 9.13 Å². The molecule has 0 saturated carbocycles. The highest BCUT2D eigenvalue weighted by atomic mass is 15.3. The zero-order chi connectivity index (χ0) is 49.6. The van der Waals surface area contributed by atoms with Crippen LogP contribution in [0.4, 0.5) is 0 Å². The van der Waals surface area contributed by atoms with Crippen molar-refractivity contribution in [1.29, 1.82) is 0 Å². The fraction of sp³-hybridized carbons (Fsp3) is 0.0172. The van der Waals surface area contributed by atoms with Gasteiger partial charge in [-0.25, -0.2) is 0 Å². The molecule has 0 atom stereocenters. The Morgan fingerprint density at radius 2 is 0.794 bits per heavy atom. The molecule has 12 aromatic rings. The zero-order valence-corrected chi connectivity index (χ0v) is 33.6. The van der Waals surface area contributed by atoms with Gasteiger partial charge in [0.15, 0.2) is 5.82 Å². The van der Waals surface area contributed by atoms with Crippen molar-refractivity contribution in [1.82, 2.24) is 24.1 Å². The maximum atomic E-state index is 10.6. The van der Waals surface area contributed by atoms with Gasteiger partial charge in [0.05, 0.1) is 39.8 Å². The predicted octanol–water partition coefficient (Wildman–Crippen LogP) is 13.8. The molecule has 0 fully saturated rings. The molecule has 3 heterocycles. The minimum atomic E-state index is -1.60. The van der Waals surface area contributed by atoms with Crippen LogP contribution in [0.2, 0.25) is 0 Å². The van der Waals surface area contributed by atoms with E-state index in [-0.39, 0.29) is 58.6 Å². The number of benzene rings is 9. The molecule has 0 unspecified atom stereocenters. The summed E-state index contributed by atoms with van der Waals surface area (Å²) >= 11 is 0. The lowest BCUT2D eigenvalue weighted by molar-refractivity contribution is 0.745. The predicted molar refractivity (Wildman–Crippen MR) is 258 cm³/mol. The molecule has 0 aliphatic carbocycles. The molecule has 0 N–H and O–H groups in total. The summed E-state index contributed by atoms with van der Waals surface area (Å²) in [5.41, 5.74) is 3.59. The average molecular weight is 815 g/mol. The Morgan fingerprint density at radius 1 is 0.349 bits per heavy atom. The van der Waals surface area contributed by atoms with Crippen molar-refractivity contribution in [3.63, 3.8) is 0 Å². The summed E-state index contributed by atoms with van der Waals surface area (Å²) in [6, 6.07) is 53.6. The molecule has 12 rings (SSSR count). The molecule has 0 aliphatic heterocycles. The summed E-state index contributed by atoms with van der Waals surface area (Å²) in [6.45, 7) is 0. The van der Waals surface area contributed by atoms with Crippen molar-refractivity contribution >= 4 is 43.6 Å². The third kappa shape index (κ3) is 5.89. The maximum absolute atomic E-state index is 10.6. The van der Waals surface area contributed by atoms with Crippen LogP contribution < -0.4 is 0 Å². The second-order valence-corrected chi connectivity index (χ2v) is 15.3. The molecule has 0 spiro atoms. The van der Waals surface area contributed by atoms with Gasteiger partial charge in [0.2, 0.25) is 11.9 Å². The van der Waals surface area contributed by atoms with E-state index in [0.29, 0.717) is 22.3 Å². The molecule has 0 bridgehead atoms. The molecule has 0 radical (unpaired) electrons. The molecule has 0 saturated heterocycles. The van der Waals surface area contributed by atoms with E-state index < -0.39 is 35.6 Å². The van der Waals surface area contributed by atoms with Crippen LogP contribution in [0.1, 0.15) is 34.6 Å². The summed E-state index contributed by atoms with van der Waals surface area (Å²) in [5.74, 6) is 0.353. The quantitative estimate of drug-likeness (QED) is 0.144. The van der Waals surface area contributed by atoms with Crippen LogP contribution in [0.3, 0.4) is 0 Å². The highest BCUT2D eigenvalue weighted by Crippen LogP contribution is 2.47. The largest absolute Gasteiger partial charge is 0.278 e. The summed E-state index contributed by atoms with van der Waals surface area (Å²) < 4.78 is 87.2. The van der Waals surface area contributed by atoms with Crippen LogP contribution in [-0.2, 0) is 5.41 Å². The molecule has 5 nitrogen and oxygen atoms in total. The van der Waals surface area contributed by atoms with Crippen molar-refractivity contribution in [2.24, 2.45) is 0 Å². The van der Waals surface area contributed by atoms with Gasteiger partial charge in [0.1, 0.15) is 0 Å². The van der Waals surface area contributed by atoms with Gasteiger partial charge in [0, 0.05) is 27.1 Å². The van der Waals surface area contributed by atoms with E-state index >= 15 is 0 Å². The monoisotopic (exact) mass is 814 g/mol. The van der Waals surface area contributed by atoms with E-state index in [2.05, 4.69) is 0 Å². The number of hydrogen-bond acceptors (Lipinski definition) is 3. The number of para-hydroxylation sites is 4. The third-order valence-electron chi connectivity index (χ3n) is 11.9. The number of nitrogens with zero attached hydrogens (tertiary/aromatic N) is 5. The third-order valence-corrected chi connectivity index (χ3v) is 11.9. The fourth-order valence-electron chi connectivity index (χ4n) is 9.20. The average Bonchev–Trinajstić information content (AvgIpc) is 3.94. The van der Waals surface area contributed by atoms with Gasteiger partial charge in [-0.05, 0) is 69.8 Å². The van der Waals surface area contributed by atoms with Crippen molar-refractivity contribution in [2.45, 2.75) is 5.41 Å². The number of fused-ring (bicyclic) bond motifs is 6. The molecule has 9 aromatic carbocycles. The first-order valence-corrected chi connectivity index (χ1v) is 20.6. The van der Waals surface area contributed by atoms with Gasteiger partial charge in [-0.2, -0.15) is 15.0 Å². The maximum Gasteiger partial charge on any atom is 0.240 e. The SMILES string of the molecule is [2H]c1c([2H])c([2H])c(-c2cccc(C(c3ccccc3)(c3ccccc3)c3c([2H])c([2H])c([2H])c(-c4nc(-n5c6ccccc6c6ccccc65)nc(-n5c6ccccc6c6ccccc65)n4)c3[2H])c2)c([2H])c1[2H]. The van der Waals surface area contributed by atoms with Crippen LogP contribution in [0, 0.1) is 0 Å². The summed E-state index contributed by atoms with van der Waals surface area (Å²) in [7, 11) is 0. The second kappa shape index (κ2) is 14.9. The van der Waals surface area contributed by atoms with Gasteiger partial charge < -0.3 is 0 Å². The van der Waals surface area contributed by atoms with Gasteiger partial charge in [-0.15, -0.1) is 0 Å². The lowest BCUT2D eigenvalue weighted by atomic mass is 9.64. The Balaban J connectivity index is 1.22. The number of rotatable bonds is 8. The van der Waals surface area contributed by atoms with Crippen molar-refractivity contribution in [2.75, 3.05) is 0 Å². The molecule has 63 heavy (non-hydrogen) atoms. The Kier molecular flexibility index (Phi) is 6.68. The van der Waals surface area contributed by atoms with Gasteiger partial charge in [0.25, 0.3) is 0 Å². The summed E-state index contributed by atoms with van der Waals surface area (Å²) in [4.78, 5) is 15.7. The first kappa shape index (κ1) is 28.2. The van der Waals surface area contributed by atoms with Crippen molar-refractivity contribution in [3.05, 3.63) is 259 Å². The van der Waals surface area contributed by atoms with E-state index in [4.69, 9.17) is 21.8 Å². The van der Waals surface area contributed by atoms with Crippen molar-refractivity contribution in [3.8, 4) is 34.4 Å². The van der Waals surface area contributed by atoms with E-state index in [9.17, 15) is 5.48 Å². The fourth-order valence-corrected chi connectivity index (χ4v) is 9.20. The van der Waals surface area contributed by atoms with Crippen LogP contribution >= 0.6 is 0 Å². The van der Waals surface area contributed by atoms with Crippen LogP contribution in [0.15, 0.2) is 236 Å². The highest BCUT2D eigenvalue weighted by Gasteiger charge is 2.39. The molecule has 3 aromatic heterocycles. The first-order valence-electron chi connectivity index (χ1n) is 25.1. The molecule has 0 amide bonds. The van der Waals surface area contributed by atoms with E-state index in [1.165, 1.54) is 0 Å². The van der Waals surface area contributed by atoms with Crippen LogP contribution in [-0.4, -0.2) is 24.1 Å². The van der Waals surface area contributed by atoms with E-state index in [0.717, 1.165) is 43.6 Å². The minimum absolute atomic E-state index is 0.0150. The molecule has 0 aliphatic rings. The van der Waals surface area contributed by atoms with E-state index in [1.807, 2.05) is 173 Å². The zero-order valence-electron chi connectivity index (χ0n) is 42.6. The second-order valence-electron chi connectivity index (χ2n) is 15.3. The smallest absolute Gasteiger partial charge is 0.240 e. The normalized spacial score (nSPS) is 13.8. The molecular formula is C58H39N5. The molecule has 5 heteroatoms. The van der Waals surface area contributed by atoms with Crippen LogP contribution in [0.25, 0.3) is 78.0 Å². The standard InChI is InChI=1S/C58H39N5/c1-4-20-40(21-5-1)41-22-18-28-45(38-41)58(43-24-6-2-7-25-43,44-26-8-3-9-27-44)46-29-19-23-42(39-46)55-59-56(62-51-34-14-10-30-47(51)48-31-11-15-35-52(48)62)61-57(60-55)63-53-36-16-12-32-49(53)50-33-13-17-37-54(50)63/h1-39H/i1D,4D,5D,19D,20D,21D,23D,29D,39D. The molecular weight excluding hydrogens is 767 g/mol. The Morgan fingerprint density at radius 3 is 1.30 bits per heavy atom. The minimum Gasteiger partial charge on any atom is -0.278 e. The summed E-state index contributed by atoms with van der Waals surface area (Å²) in [6.07, 6.45) is 0. The lowest BCUT2D eigenvalue weighted by Crippen LogP contribution is -2.31. The lowest BCUT2D eigenvalue weighted by Gasteiger charge is -2.37. The number of aromatic nitrogens is 5. The Labute approximate surface area is 377 Å². The Hall–Kier alpha value is -8.41. The number of hydrogen-bond donors (Lipinski definition) is 0. The topological polar surface area (TPSA) is 48.5 Å². The van der Waals surface area contributed by atoms with Gasteiger partial charge >= 0.3 is 0 Å². The Bertz CT molecular complexity index is 3870. The van der Waals surface area contributed by atoms with Gasteiger partial charge in [-0.1, -0.05) is 200 Å². The first-order chi connectivity index (χ1) is 35.0. The molecule has 296 valence electrons. The highest BCUT2D eigenvalue weighted by molar-refractivity contribution is 6.10. The summed E-state index contributed by atoms with van der Waals surface area (Å²) in [5, 5.41) is 3.86. The van der Waals surface area contributed by atoms with Crippen molar-refractivity contribution < 1.29 is 12.3 Å². The van der Waals surface area contributed by atoms with Crippen LogP contribution in [0.5, 0.6) is 0 Å².